The largest absolute Gasteiger partial charge is 0.496 e. The van der Waals surface area contributed by atoms with E-state index in [1.165, 1.54) is 7.11 Å². The molecule has 38 heavy (non-hydrogen) atoms. The molecular weight excluding hydrogens is 502 g/mol. The maximum Gasteiger partial charge on any atom is 0.277 e. The Morgan fingerprint density at radius 2 is 1.58 bits per heavy atom. The van der Waals surface area contributed by atoms with E-state index in [4.69, 9.17) is 4.74 Å². The molecule has 0 bridgehead atoms. The molecule has 202 valence electrons. The number of aliphatic hydroxyl groups excluding tert-OH is 1. The van der Waals surface area contributed by atoms with Crippen LogP contribution in [0.5, 0.6) is 5.75 Å². The Hall–Kier alpha value is -3.24. The van der Waals surface area contributed by atoms with Crippen molar-refractivity contribution >= 4 is 16.1 Å². The lowest BCUT2D eigenvalue weighted by molar-refractivity contribution is 0.0932. The number of hydrogen-bond acceptors (Lipinski definition) is 5. The van der Waals surface area contributed by atoms with Gasteiger partial charge in [0, 0.05) is 18.0 Å². The van der Waals surface area contributed by atoms with Gasteiger partial charge in [-0.3, -0.25) is 4.79 Å². The quantitative estimate of drug-likeness (QED) is 0.299. The van der Waals surface area contributed by atoms with Crippen LogP contribution in [0, 0.1) is 0 Å². The number of rotatable bonds is 11. The van der Waals surface area contributed by atoms with E-state index in [1.54, 1.807) is 42.5 Å². The highest BCUT2D eigenvalue weighted by atomic mass is 32.2. The number of amides is 1. The zero-order chi connectivity index (χ0) is 27.0. The molecule has 1 aliphatic carbocycles. The van der Waals surface area contributed by atoms with Crippen molar-refractivity contribution in [2.75, 3.05) is 20.3 Å². The molecular formula is C29H35N3O5S. The van der Waals surface area contributed by atoms with Crippen molar-refractivity contribution in [2.45, 2.75) is 43.2 Å². The molecule has 3 aromatic rings. The molecule has 3 aromatic carbocycles. The number of carbonyl (C=O) groups excluding carboxylic acids is 1. The smallest absolute Gasteiger partial charge is 0.277 e. The molecule has 9 heteroatoms. The number of hydrogen-bond donors (Lipinski definition) is 4. The maximum atomic E-state index is 13.0. The summed E-state index contributed by atoms with van der Waals surface area (Å²) in [5.41, 5.74) is 1.95. The van der Waals surface area contributed by atoms with Crippen LogP contribution in [0.1, 0.15) is 53.2 Å². The van der Waals surface area contributed by atoms with Gasteiger partial charge in [0.2, 0.25) is 0 Å². The molecule has 4 N–H and O–H groups in total. The summed E-state index contributed by atoms with van der Waals surface area (Å²) in [6, 6.07) is 25.2. The number of carbonyl (C=O) groups is 1. The Bertz CT molecular complexity index is 1290. The van der Waals surface area contributed by atoms with Gasteiger partial charge in [-0.05, 0) is 48.9 Å². The fourth-order valence-corrected chi connectivity index (χ4v) is 6.49. The third-order valence-corrected chi connectivity index (χ3v) is 8.51. The normalized spacial score (nSPS) is 20.4. The first-order valence-corrected chi connectivity index (χ1v) is 14.3. The van der Waals surface area contributed by atoms with E-state index in [1.807, 2.05) is 30.3 Å². The highest BCUT2D eigenvalue weighted by molar-refractivity contribution is 7.87. The molecule has 0 saturated heterocycles. The van der Waals surface area contributed by atoms with Crippen molar-refractivity contribution in [1.82, 2.24) is 14.8 Å². The summed E-state index contributed by atoms with van der Waals surface area (Å²) in [6.07, 6.45) is 2.60. The van der Waals surface area contributed by atoms with Gasteiger partial charge in [0.25, 0.3) is 16.1 Å². The average molecular weight is 538 g/mol. The summed E-state index contributed by atoms with van der Waals surface area (Å²) < 4.78 is 36.5. The topological polar surface area (TPSA) is 117 Å². The molecule has 1 saturated carbocycles. The van der Waals surface area contributed by atoms with Gasteiger partial charge in [0.1, 0.15) is 5.75 Å². The van der Waals surface area contributed by atoms with Crippen molar-refractivity contribution in [2.24, 2.45) is 0 Å². The van der Waals surface area contributed by atoms with Gasteiger partial charge >= 0.3 is 0 Å². The molecule has 0 spiro atoms. The first-order chi connectivity index (χ1) is 18.4. The van der Waals surface area contributed by atoms with E-state index < -0.39 is 16.3 Å². The third-order valence-electron chi connectivity index (χ3n) is 7.27. The van der Waals surface area contributed by atoms with Crippen LogP contribution in [-0.4, -0.2) is 45.7 Å². The summed E-state index contributed by atoms with van der Waals surface area (Å²) in [5.74, 6) is 0.307. The monoisotopic (exact) mass is 537 g/mol. The van der Waals surface area contributed by atoms with Gasteiger partial charge < -0.3 is 15.2 Å². The van der Waals surface area contributed by atoms with E-state index in [0.29, 0.717) is 49.1 Å². The van der Waals surface area contributed by atoms with Crippen LogP contribution in [0.25, 0.3) is 0 Å². The molecule has 0 radical (unpaired) electrons. The SMILES string of the molecule is COc1ccccc1C(=O)NC[C@]1(c2ccccc2)CC[C@H](NS(=O)(=O)N[C@H](CO)c2ccccc2)CC1. The predicted octanol–water partition coefficient (Wildman–Crippen LogP) is 3.46. The molecule has 0 heterocycles. The van der Waals surface area contributed by atoms with Gasteiger partial charge in [-0.2, -0.15) is 17.9 Å². The van der Waals surface area contributed by atoms with Crippen molar-refractivity contribution in [3.63, 3.8) is 0 Å². The Balaban J connectivity index is 1.43. The minimum Gasteiger partial charge on any atom is -0.496 e. The molecule has 1 atom stereocenters. The van der Waals surface area contributed by atoms with Gasteiger partial charge in [-0.15, -0.1) is 0 Å². The molecule has 1 amide bonds. The second-order valence-electron chi connectivity index (χ2n) is 9.69. The van der Waals surface area contributed by atoms with E-state index >= 15 is 0 Å². The standard InChI is InChI=1S/C29H35N3O5S/c1-37-27-15-9-8-14-25(27)28(34)30-21-29(23-12-6-3-7-13-23)18-16-24(17-19-29)31-38(35,36)32-26(20-33)22-10-4-2-5-11-22/h2-15,24,26,31-33H,16-21H2,1H3,(H,30,34)/t24-,26-,29-/m1/s1. The second kappa shape index (κ2) is 12.5. The van der Waals surface area contributed by atoms with Crippen LogP contribution in [-0.2, 0) is 15.6 Å². The fourth-order valence-electron chi connectivity index (χ4n) is 5.16. The Morgan fingerprint density at radius 1 is 0.974 bits per heavy atom. The van der Waals surface area contributed by atoms with Crippen LogP contribution < -0.4 is 19.5 Å². The van der Waals surface area contributed by atoms with Crippen LogP contribution in [0.2, 0.25) is 0 Å². The first-order valence-electron chi connectivity index (χ1n) is 12.8. The minimum absolute atomic E-state index is 0.208. The minimum atomic E-state index is -3.86. The zero-order valence-electron chi connectivity index (χ0n) is 21.5. The molecule has 1 aliphatic rings. The Morgan fingerprint density at radius 3 is 2.21 bits per heavy atom. The number of benzene rings is 3. The molecule has 0 unspecified atom stereocenters. The highest BCUT2D eigenvalue weighted by Gasteiger charge is 2.38. The number of aliphatic hydroxyl groups is 1. The summed E-state index contributed by atoms with van der Waals surface area (Å²) in [7, 11) is -2.32. The highest BCUT2D eigenvalue weighted by Crippen LogP contribution is 2.39. The van der Waals surface area contributed by atoms with Crippen LogP contribution >= 0.6 is 0 Å². The molecule has 0 aliphatic heterocycles. The summed E-state index contributed by atoms with van der Waals surface area (Å²) in [5, 5.41) is 12.9. The third kappa shape index (κ3) is 6.79. The molecule has 1 fully saturated rings. The van der Waals surface area contributed by atoms with Crippen LogP contribution in [0.15, 0.2) is 84.9 Å². The molecule has 0 aromatic heterocycles. The van der Waals surface area contributed by atoms with Gasteiger partial charge in [0.15, 0.2) is 0 Å². The predicted molar refractivity (Wildman–Crippen MR) is 147 cm³/mol. The van der Waals surface area contributed by atoms with Crippen molar-refractivity contribution in [3.05, 3.63) is 102 Å². The average Bonchev–Trinajstić information content (AvgIpc) is 2.96. The van der Waals surface area contributed by atoms with Gasteiger partial charge in [0.05, 0.1) is 25.3 Å². The summed E-state index contributed by atoms with van der Waals surface area (Å²) in [4.78, 5) is 13.0. The van der Waals surface area contributed by atoms with Crippen molar-refractivity contribution in [1.29, 1.82) is 0 Å². The van der Waals surface area contributed by atoms with Crippen LogP contribution in [0.3, 0.4) is 0 Å². The van der Waals surface area contributed by atoms with Crippen molar-refractivity contribution < 1.29 is 23.1 Å². The first kappa shape index (κ1) is 27.8. The molecule has 8 nitrogen and oxygen atoms in total. The maximum absolute atomic E-state index is 13.0. The van der Waals surface area contributed by atoms with Crippen LogP contribution in [0.4, 0.5) is 0 Å². The van der Waals surface area contributed by atoms with E-state index in [-0.39, 0.29) is 24.0 Å². The Kier molecular flexibility index (Phi) is 9.17. The van der Waals surface area contributed by atoms with Gasteiger partial charge in [-0.1, -0.05) is 72.8 Å². The summed E-state index contributed by atoms with van der Waals surface area (Å²) in [6.45, 7) is 0.0742. The van der Waals surface area contributed by atoms with Gasteiger partial charge in [-0.25, -0.2) is 0 Å². The molecule has 4 rings (SSSR count). The zero-order valence-corrected chi connectivity index (χ0v) is 22.3. The van der Waals surface area contributed by atoms with E-state index in [0.717, 1.165) is 5.56 Å². The summed E-state index contributed by atoms with van der Waals surface area (Å²) >= 11 is 0. The number of ether oxygens (including phenoxy) is 1. The number of methoxy groups -OCH3 is 1. The second-order valence-corrected chi connectivity index (χ2v) is 11.2. The fraction of sp³-hybridized carbons (Fsp3) is 0.345. The lowest BCUT2D eigenvalue weighted by atomic mass is 9.68. The van der Waals surface area contributed by atoms with E-state index in [9.17, 15) is 18.3 Å². The van der Waals surface area contributed by atoms with Crippen molar-refractivity contribution in [3.8, 4) is 5.75 Å². The Labute approximate surface area is 224 Å². The lowest BCUT2D eigenvalue weighted by Crippen LogP contribution is -2.50. The number of nitrogens with one attached hydrogen (secondary N) is 3. The lowest BCUT2D eigenvalue weighted by Gasteiger charge is -2.41. The number of para-hydroxylation sites is 1. The van der Waals surface area contributed by atoms with E-state index in [2.05, 4.69) is 26.9 Å².